The Kier molecular flexibility index (Phi) is 4.60. The van der Waals surface area contributed by atoms with Gasteiger partial charge < -0.3 is 9.64 Å². The fourth-order valence-electron chi connectivity index (χ4n) is 1.17. The first-order valence-electron chi connectivity index (χ1n) is 5.01. The summed E-state index contributed by atoms with van der Waals surface area (Å²) < 4.78 is 4.87. The van der Waals surface area contributed by atoms with Crippen molar-refractivity contribution in [3.05, 3.63) is 30.1 Å². The van der Waals surface area contributed by atoms with Crippen LogP contribution in [0.15, 0.2) is 24.5 Å². The quantitative estimate of drug-likeness (QED) is 0.756. The van der Waals surface area contributed by atoms with Crippen LogP contribution < -0.4 is 0 Å². The second-order valence-corrected chi connectivity index (χ2v) is 3.23. The minimum atomic E-state index is -0.272. The van der Waals surface area contributed by atoms with Gasteiger partial charge in [-0.2, -0.15) is 0 Å². The summed E-state index contributed by atoms with van der Waals surface area (Å²) in [6.07, 6.45) is 4.04. The molecule has 1 rings (SSSR count). The molecule has 1 aromatic heterocycles. The summed E-state index contributed by atoms with van der Waals surface area (Å²) >= 11 is 0. The number of hydrogen-bond acceptors (Lipinski definition) is 3. The molecule has 0 aromatic carbocycles. The molecule has 4 heteroatoms. The lowest BCUT2D eigenvalue weighted by molar-refractivity contribution is 0.116. The van der Waals surface area contributed by atoms with Crippen molar-refractivity contribution in [2.75, 3.05) is 20.2 Å². The lowest BCUT2D eigenvalue weighted by atomic mass is 10.2. The number of aromatic nitrogens is 1. The van der Waals surface area contributed by atoms with Crippen molar-refractivity contribution in [1.82, 2.24) is 9.88 Å². The first-order chi connectivity index (χ1) is 7.24. The Morgan fingerprint density at radius 2 is 2.13 bits per heavy atom. The monoisotopic (exact) mass is 208 g/mol. The highest BCUT2D eigenvalue weighted by molar-refractivity contribution is 5.67. The highest BCUT2D eigenvalue weighted by Crippen LogP contribution is 1.99. The van der Waals surface area contributed by atoms with E-state index in [9.17, 15) is 4.79 Å². The summed E-state index contributed by atoms with van der Waals surface area (Å²) in [7, 11) is 1.74. The molecule has 1 heterocycles. The average molecular weight is 208 g/mol. The fraction of sp³-hybridized carbons (Fsp3) is 0.455. The van der Waals surface area contributed by atoms with Gasteiger partial charge in [-0.15, -0.1) is 0 Å². The van der Waals surface area contributed by atoms with Crippen molar-refractivity contribution >= 4 is 6.09 Å². The van der Waals surface area contributed by atoms with E-state index in [-0.39, 0.29) is 6.09 Å². The summed E-state index contributed by atoms with van der Waals surface area (Å²) in [5, 5.41) is 0. The highest BCUT2D eigenvalue weighted by Gasteiger charge is 2.08. The van der Waals surface area contributed by atoms with Crippen LogP contribution in [0, 0.1) is 0 Å². The third-order valence-electron chi connectivity index (χ3n) is 2.06. The van der Waals surface area contributed by atoms with Gasteiger partial charge in [0.15, 0.2) is 0 Å². The highest BCUT2D eigenvalue weighted by atomic mass is 16.5. The van der Waals surface area contributed by atoms with E-state index in [1.54, 1.807) is 31.3 Å². The zero-order chi connectivity index (χ0) is 11.1. The molecule has 0 N–H and O–H groups in total. The molecule has 0 aliphatic heterocycles. The first-order valence-corrected chi connectivity index (χ1v) is 5.01. The van der Waals surface area contributed by atoms with Crippen LogP contribution in [0.2, 0.25) is 0 Å². The number of carbonyl (C=O) groups excluding carboxylic acids is 1. The molecular weight excluding hydrogens is 192 g/mol. The maximum atomic E-state index is 11.3. The normalized spacial score (nSPS) is 9.73. The smallest absolute Gasteiger partial charge is 0.409 e. The van der Waals surface area contributed by atoms with Gasteiger partial charge in [0, 0.05) is 26.0 Å². The van der Waals surface area contributed by atoms with Crippen LogP contribution in [-0.2, 0) is 11.2 Å². The molecule has 1 amide bonds. The molecule has 15 heavy (non-hydrogen) atoms. The number of nitrogens with zero attached hydrogens (tertiary/aromatic N) is 2. The summed E-state index contributed by atoms with van der Waals surface area (Å²) in [6.45, 7) is 2.87. The van der Waals surface area contributed by atoms with Crippen molar-refractivity contribution in [1.29, 1.82) is 0 Å². The van der Waals surface area contributed by atoms with Crippen molar-refractivity contribution < 1.29 is 9.53 Å². The molecule has 0 bridgehead atoms. The van der Waals surface area contributed by atoms with E-state index in [0.29, 0.717) is 13.2 Å². The van der Waals surface area contributed by atoms with E-state index in [0.717, 1.165) is 6.42 Å². The van der Waals surface area contributed by atoms with Gasteiger partial charge in [0.2, 0.25) is 0 Å². The van der Waals surface area contributed by atoms with Gasteiger partial charge in [0.25, 0.3) is 0 Å². The number of rotatable bonds is 4. The van der Waals surface area contributed by atoms with Gasteiger partial charge in [0.05, 0.1) is 6.61 Å². The third-order valence-corrected chi connectivity index (χ3v) is 2.06. The van der Waals surface area contributed by atoms with E-state index in [4.69, 9.17) is 4.74 Å². The Hall–Kier alpha value is -1.58. The van der Waals surface area contributed by atoms with Crippen LogP contribution in [0.3, 0.4) is 0 Å². The van der Waals surface area contributed by atoms with Gasteiger partial charge in [0.1, 0.15) is 0 Å². The predicted molar refractivity (Wildman–Crippen MR) is 57.6 cm³/mol. The number of amides is 1. The van der Waals surface area contributed by atoms with Crippen LogP contribution in [0.4, 0.5) is 4.79 Å². The maximum absolute atomic E-state index is 11.3. The van der Waals surface area contributed by atoms with E-state index in [1.165, 1.54) is 5.56 Å². The summed E-state index contributed by atoms with van der Waals surface area (Å²) in [6, 6.07) is 3.89. The lowest BCUT2D eigenvalue weighted by Gasteiger charge is -2.15. The minimum Gasteiger partial charge on any atom is -0.450 e. The molecule has 0 saturated carbocycles. The second-order valence-electron chi connectivity index (χ2n) is 3.23. The Morgan fingerprint density at radius 1 is 1.47 bits per heavy atom. The zero-order valence-electron chi connectivity index (χ0n) is 9.14. The Labute approximate surface area is 89.9 Å². The number of hydrogen-bond donors (Lipinski definition) is 0. The van der Waals surface area contributed by atoms with E-state index in [1.807, 2.05) is 12.1 Å². The molecule has 4 nitrogen and oxygen atoms in total. The van der Waals surface area contributed by atoms with Crippen LogP contribution in [0.1, 0.15) is 12.5 Å². The Morgan fingerprint density at radius 3 is 2.73 bits per heavy atom. The second kappa shape index (κ2) is 6.01. The molecule has 1 aromatic rings. The largest absolute Gasteiger partial charge is 0.450 e. The van der Waals surface area contributed by atoms with Gasteiger partial charge in [-0.25, -0.2) is 4.79 Å². The molecule has 82 valence electrons. The zero-order valence-corrected chi connectivity index (χ0v) is 9.14. The fourth-order valence-corrected chi connectivity index (χ4v) is 1.17. The lowest BCUT2D eigenvalue weighted by Crippen LogP contribution is -2.29. The number of carbonyl (C=O) groups is 1. The molecule has 0 saturated heterocycles. The average Bonchev–Trinajstić information content (AvgIpc) is 2.27. The van der Waals surface area contributed by atoms with Crippen LogP contribution in [0.5, 0.6) is 0 Å². The van der Waals surface area contributed by atoms with Crippen molar-refractivity contribution in [2.45, 2.75) is 13.3 Å². The van der Waals surface area contributed by atoms with Gasteiger partial charge >= 0.3 is 6.09 Å². The molecule has 0 spiro atoms. The first kappa shape index (κ1) is 11.5. The molecule has 0 aliphatic rings. The minimum absolute atomic E-state index is 0.272. The topological polar surface area (TPSA) is 42.4 Å². The van der Waals surface area contributed by atoms with E-state index in [2.05, 4.69) is 4.98 Å². The van der Waals surface area contributed by atoms with Crippen LogP contribution in [-0.4, -0.2) is 36.2 Å². The predicted octanol–water partition coefficient (Wildman–Crippen LogP) is 1.71. The number of ether oxygens (including phenoxy) is 1. The van der Waals surface area contributed by atoms with E-state index >= 15 is 0 Å². The van der Waals surface area contributed by atoms with Crippen molar-refractivity contribution in [2.24, 2.45) is 0 Å². The summed E-state index contributed by atoms with van der Waals surface area (Å²) in [4.78, 5) is 16.8. The van der Waals surface area contributed by atoms with Gasteiger partial charge in [-0.1, -0.05) is 0 Å². The van der Waals surface area contributed by atoms with Gasteiger partial charge in [-0.05, 0) is 31.0 Å². The van der Waals surface area contributed by atoms with Crippen molar-refractivity contribution in [3.8, 4) is 0 Å². The van der Waals surface area contributed by atoms with Crippen molar-refractivity contribution in [3.63, 3.8) is 0 Å². The Balaban J connectivity index is 2.34. The van der Waals surface area contributed by atoms with Crippen LogP contribution >= 0.6 is 0 Å². The van der Waals surface area contributed by atoms with E-state index < -0.39 is 0 Å². The standard InChI is InChI=1S/C11H16N2O2/c1-3-15-11(14)13(2)9-6-10-4-7-12-8-5-10/h4-5,7-8H,3,6,9H2,1-2H3. The number of likely N-dealkylation sites (N-methyl/N-ethyl adjacent to an activating group) is 1. The molecule has 0 unspecified atom stereocenters. The molecule has 0 radical (unpaired) electrons. The number of pyridine rings is 1. The van der Waals surface area contributed by atoms with Crippen LogP contribution in [0.25, 0.3) is 0 Å². The molecule has 0 aliphatic carbocycles. The summed E-state index contributed by atoms with van der Waals surface area (Å²) in [5.74, 6) is 0. The molecule has 0 atom stereocenters. The molecular formula is C11H16N2O2. The summed E-state index contributed by atoms with van der Waals surface area (Å²) in [5.41, 5.74) is 1.17. The third kappa shape index (κ3) is 3.97. The van der Waals surface area contributed by atoms with Gasteiger partial charge in [-0.3, -0.25) is 4.98 Å². The Bertz CT molecular complexity index is 301. The SMILES string of the molecule is CCOC(=O)N(C)CCc1ccncc1. The maximum Gasteiger partial charge on any atom is 0.409 e. The molecule has 0 fully saturated rings.